The Kier molecular flexibility index (Phi) is 5.46. The van der Waals surface area contributed by atoms with E-state index in [4.69, 9.17) is 14.0 Å². The number of rotatable bonds is 7. The van der Waals surface area contributed by atoms with Crippen LogP contribution in [0.1, 0.15) is 25.3 Å². The normalized spacial score (nSPS) is 11.2. The molecule has 0 spiro atoms. The van der Waals surface area contributed by atoms with Gasteiger partial charge in [0.2, 0.25) is 5.89 Å². The fraction of sp³-hybridized carbons (Fsp3) is 0.200. The average Bonchev–Trinajstić information content (AvgIpc) is 3.09. The van der Waals surface area contributed by atoms with Crippen LogP contribution in [-0.4, -0.2) is 17.3 Å². The topological polar surface area (TPSA) is 56.9 Å². The first-order valence-electron chi connectivity index (χ1n) is 8.13. The summed E-state index contributed by atoms with van der Waals surface area (Å²) in [5, 5.41) is 3.98. The molecule has 0 amide bonds. The summed E-state index contributed by atoms with van der Waals surface area (Å²) in [6.07, 6.45) is 3.40. The van der Waals surface area contributed by atoms with Crippen molar-refractivity contribution < 1.29 is 14.0 Å². The number of aromatic nitrogens is 1. The minimum atomic E-state index is 0.0965. The van der Waals surface area contributed by atoms with Crippen molar-refractivity contribution in [2.24, 2.45) is 5.16 Å². The first-order chi connectivity index (χ1) is 12.2. The number of oxime groups is 1. The fourth-order valence-electron chi connectivity index (χ4n) is 2.25. The number of hydrogen-bond acceptors (Lipinski definition) is 5. The van der Waals surface area contributed by atoms with Gasteiger partial charge in [-0.15, -0.1) is 0 Å². The summed E-state index contributed by atoms with van der Waals surface area (Å²) in [6, 6.07) is 17.5. The summed E-state index contributed by atoms with van der Waals surface area (Å²) in [5.74, 6) is 1.95. The molecule has 1 heterocycles. The zero-order valence-electron chi connectivity index (χ0n) is 14.3. The van der Waals surface area contributed by atoms with Gasteiger partial charge in [-0.2, -0.15) is 0 Å². The van der Waals surface area contributed by atoms with E-state index >= 15 is 0 Å². The van der Waals surface area contributed by atoms with Crippen molar-refractivity contribution in [3.8, 4) is 17.1 Å². The molecular weight excluding hydrogens is 316 g/mol. The fourth-order valence-corrected chi connectivity index (χ4v) is 2.25. The summed E-state index contributed by atoms with van der Waals surface area (Å²) in [4.78, 5) is 9.49. The molecule has 3 rings (SSSR count). The molecule has 5 nitrogen and oxygen atoms in total. The van der Waals surface area contributed by atoms with E-state index in [1.807, 2.05) is 68.4 Å². The molecule has 128 valence electrons. The summed E-state index contributed by atoms with van der Waals surface area (Å²) >= 11 is 0. The Bertz CT molecular complexity index is 826. The first-order valence-corrected chi connectivity index (χ1v) is 8.13. The largest absolute Gasteiger partial charge is 0.490 e. The third kappa shape index (κ3) is 4.70. The number of benzene rings is 2. The van der Waals surface area contributed by atoms with Gasteiger partial charge in [0.1, 0.15) is 5.75 Å². The van der Waals surface area contributed by atoms with Crippen LogP contribution in [0.3, 0.4) is 0 Å². The zero-order chi connectivity index (χ0) is 17.5. The Morgan fingerprint density at radius 3 is 2.64 bits per heavy atom. The van der Waals surface area contributed by atoms with Gasteiger partial charge in [-0.3, -0.25) is 0 Å². The summed E-state index contributed by atoms with van der Waals surface area (Å²) in [7, 11) is 0. The third-order valence-electron chi connectivity index (χ3n) is 3.35. The van der Waals surface area contributed by atoms with Gasteiger partial charge < -0.3 is 14.0 Å². The highest BCUT2D eigenvalue weighted by Gasteiger charge is 2.06. The molecule has 0 radical (unpaired) electrons. The highest BCUT2D eigenvalue weighted by atomic mass is 16.6. The average molecular weight is 336 g/mol. The lowest BCUT2D eigenvalue weighted by atomic mass is 10.2. The number of hydrogen-bond donors (Lipinski definition) is 0. The van der Waals surface area contributed by atoms with Gasteiger partial charge in [0.15, 0.2) is 12.4 Å². The van der Waals surface area contributed by atoms with Crippen molar-refractivity contribution in [1.82, 2.24) is 4.98 Å². The number of nitrogens with zero attached hydrogens (tertiary/aromatic N) is 2. The lowest BCUT2D eigenvalue weighted by Crippen LogP contribution is -2.07. The molecule has 0 aliphatic rings. The Morgan fingerprint density at radius 2 is 1.84 bits per heavy atom. The maximum atomic E-state index is 5.74. The predicted octanol–water partition coefficient (Wildman–Crippen LogP) is 4.68. The second-order valence-corrected chi connectivity index (χ2v) is 5.70. The second-order valence-electron chi connectivity index (χ2n) is 5.70. The van der Waals surface area contributed by atoms with Crippen molar-refractivity contribution in [3.63, 3.8) is 0 Å². The Balaban J connectivity index is 1.59. The van der Waals surface area contributed by atoms with Crippen molar-refractivity contribution in [2.45, 2.75) is 26.6 Å². The summed E-state index contributed by atoms with van der Waals surface area (Å²) in [5.41, 5.74) is 1.83. The maximum Gasteiger partial charge on any atom is 0.235 e. The van der Waals surface area contributed by atoms with E-state index in [2.05, 4.69) is 10.1 Å². The van der Waals surface area contributed by atoms with E-state index in [9.17, 15) is 0 Å². The van der Waals surface area contributed by atoms with E-state index < -0.39 is 0 Å². The molecule has 25 heavy (non-hydrogen) atoms. The molecule has 0 bridgehead atoms. The zero-order valence-corrected chi connectivity index (χ0v) is 14.3. The van der Waals surface area contributed by atoms with Gasteiger partial charge in [-0.25, -0.2) is 4.98 Å². The van der Waals surface area contributed by atoms with Gasteiger partial charge in [0.05, 0.1) is 18.5 Å². The van der Waals surface area contributed by atoms with Crippen LogP contribution < -0.4 is 4.74 Å². The predicted molar refractivity (Wildman–Crippen MR) is 96.5 cm³/mol. The van der Waals surface area contributed by atoms with Gasteiger partial charge in [-0.05, 0) is 26.0 Å². The van der Waals surface area contributed by atoms with E-state index in [1.165, 1.54) is 0 Å². The molecule has 0 fully saturated rings. The maximum absolute atomic E-state index is 5.74. The van der Waals surface area contributed by atoms with Crippen molar-refractivity contribution in [3.05, 3.63) is 72.2 Å². The van der Waals surface area contributed by atoms with Crippen molar-refractivity contribution in [1.29, 1.82) is 0 Å². The third-order valence-corrected chi connectivity index (χ3v) is 3.35. The van der Waals surface area contributed by atoms with Gasteiger partial charge >= 0.3 is 0 Å². The molecule has 1 aromatic heterocycles. The highest BCUT2D eigenvalue weighted by Crippen LogP contribution is 2.20. The molecule has 0 unspecified atom stereocenters. The molecule has 0 atom stereocenters. The van der Waals surface area contributed by atoms with Crippen LogP contribution in [0.25, 0.3) is 11.3 Å². The van der Waals surface area contributed by atoms with E-state index in [0.717, 1.165) is 16.9 Å². The molecule has 0 saturated carbocycles. The van der Waals surface area contributed by atoms with Crippen LogP contribution in [0.5, 0.6) is 5.75 Å². The second kappa shape index (κ2) is 8.15. The monoisotopic (exact) mass is 336 g/mol. The first kappa shape index (κ1) is 16.8. The van der Waals surface area contributed by atoms with Crippen LogP contribution in [0.4, 0.5) is 0 Å². The van der Waals surface area contributed by atoms with Crippen LogP contribution in [-0.2, 0) is 11.4 Å². The molecule has 3 aromatic rings. The standard InChI is InChI=1S/C20H20N2O3/c1-15(2)24-18-11-7-6-10-17(18)12-22-23-14-20-21-13-19(25-20)16-8-4-3-5-9-16/h3-13,15H,14H2,1-2H3. The summed E-state index contributed by atoms with van der Waals surface area (Å²) in [6.45, 7) is 4.13. The number of para-hydroxylation sites is 1. The van der Waals surface area contributed by atoms with E-state index in [-0.39, 0.29) is 12.7 Å². The van der Waals surface area contributed by atoms with Gasteiger partial charge in [0, 0.05) is 11.1 Å². The lowest BCUT2D eigenvalue weighted by molar-refractivity contribution is 0.113. The molecule has 0 aliphatic heterocycles. The molecule has 0 aliphatic carbocycles. The minimum Gasteiger partial charge on any atom is -0.490 e. The summed E-state index contributed by atoms with van der Waals surface area (Å²) < 4.78 is 11.4. The molecule has 5 heteroatoms. The molecule has 2 aromatic carbocycles. The van der Waals surface area contributed by atoms with E-state index in [0.29, 0.717) is 11.7 Å². The Labute approximate surface area is 146 Å². The molecule has 0 N–H and O–H groups in total. The number of oxazole rings is 1. The SMILES string of the molecule is CC(C)Oc1ccccc1C=NOCc1ncc(-c2ccccc2)o1. The minimum absolute atomic E-state index is 0.0965. The van der Waals surface area contributed by atoms with Gasteiger partial charge in [0.25, 0.3) is 0 Å². The highest BCUT2D eigenvalue weighted by molar-refractivity contribution is 5.83. The van der Waals surface area contributed by atoms with Crippen LogP contribution in [0, 0.1) is 0 Å². The smallest absolute Gasteiger partial charge is 0.235 e. The van der Waals surface area contributed by atoms with Gasteiger partial charge in [-0.1, -0.05) is 47.6 Å². The Hall–Kier alpha value is -3.08. The van der Waals surface area contributed by atoms with Crippen molar-refractivity contribution in [2.75, 3.05) is 0 Å². The quantitative estimate of drug-likeness (QED) is 0.464. The molecule has 0 saturated heterocycles. The van der Waals surface area contributed by atoms with E-state index in [1.54, 1.807) is 12.4 Å². The molecular formula is C20H20N2O3. The van der Waals surface area contributed by atoms with Crippen LogP contribution in [0.15, 0.2) is 70.4 Å². The van der Waals surface area contributed by atoms with Crippen LogP contribution >= 0.6 is 0 Å². The number of ether oxygens (including phenoxy) is 1. The van der Waals surface area contributed by atoms with Crippen LogP contribution in [0.2, 0.25) is 0 Å². The Morgan fingerprint density at radius 1 is 1.08 bits per heavy atom. The van der Waals surface area contributed by atoms with Crippen molar-refractivity contribution >= 4 is 6.21 Å². The lowest BCUT2D eigenvalue weighted by Gasteiger charge is -2.11.